The SMILES string of the molecule is Cc1ccc(NC(C)C(=O)N2CCN(c3ccccc3)CC2)c(C)c1. The third-order valence-corrected chi connectivity index (χ3v) is 4.84. The van der Waals surface area contributed by atoms with Gasteiger partial charge in [0.05, 0.1) is 0 Å². The molecule has 0 aliphatic carbocycles. The number of carbonyl (C=O) groups is 1. The maximum Gasteiger partial charge on any atom is 0.244 e. The number of nitrogens with zero attached hydrogens (tertiary/aromatic N) is 2. The van der Waals surface area contributed by atoms with Crippen molar-refractivity contribution in [1.82, 2.24) is 4.90 Å². The summed E-state index contributed by atoms with van der Waals surface area (Å²) in [6, 6.07) is 16.5. The van der Waals surface area contributed by atoms with Gasteiger partial charge in [-0.05, 0) is 44.5 Å². The van der Waals surface area contributed by atoms with E-state index in [-0.39, 0.29) is 11.9 Å². The summed E-state index contributed by atoms with van der Waals surface area (Å²) in [6.45, 7) is 9.41. The number of benzene rings is 2. The normalized spacial score (nSPS) is 15.8. The van der Waals surface area contributed by atoms with Crippen LogP contribution in [-0.4, -0.2) is 43.0 Å². The zero-order chi connectivity index (χ0) is 17.8. The lowest BCUT2D eigenvalue weighted by Gasteiger charge is -2.37. The molecule has 1 N–H and O–H groups in total. The standard InChI is InChI=1S/C21H27N3O/c1-16-9-10-20(17(2)15-16)22-18(3)21(25)24-13-11-23(12-14-24)19-7-5-4-6-8-19/h4-10,15,18,22H,11-14H2,1-3H3. The Labute approximate surface area is 150 Å². The highest BCUT2D eigenvalue weighted by Crippen LogP contribution is 2.19. The number of rotatable bonds is 4. The van der Waals surface area contributed by atoms with E-state index in [9.17, 15) is 4.79 Å². The van der Waals surface area contributed by atoms with Gasteiger partial charge in [-0.3, -0.25) is 4.79 Å². The average Bonchev–Trinajstić information content (AvgIpc) is 2.64. The van der Waals surface area contributed by atoms with E-state index in [4.69, 9.17) is 0 Å². The summed E-state index contributed by atoms with van der Waals surface area (Å²) >= 11 is 0. The maximum absolute atomic E-state index is 12.8. The molecule has 4 nitrogen and oxygen atoms in total. The Bertz CT molecular complexity index is 721. The number of anilines is 2. The van der Waals surface area contributed by atoms with E-state index in [1.807, 2.05) is 17.9 Å². The Morgan fingerprint density at radius 3 is 2.32 bits per heavy atom. The van der Waals surface area contributed by atoms with Crippen LogP contribution in [0.5, 0.6) is 0 Å². The van der Waals surface area contributed by atoms with Gasteiger partial charge in [-0.1, -0.05) is 35.9 Å². The molecule has 2 aromatic carbocycles. The molecule has 25 heavy (non-hydrogen) atoms. The molecule has 0 spiro atoms. The summed E-state index contributed by atoms with van der Waals surface area (Å²) in [7, 11) is 0. The van der Waals surface area contributed by atoms with E-state index in [2.05, 4.69) is 66.5 Å². The zero-order valence-electron chi connectivity index (χ0n) is 15.3. The van der Waals surface area contributed by atoms with Crippen LogP contribution in [0.3, 0.4) is 0 Å². The molecule has 0 saturated carbocycles. The highest BCUT2D eigenvalue weighted by molar-refractivity contribution is 5.84. The van der Waals surface area contributed by atoms with Gasteiger partial charge >= 0.3 is 0 Å². The van der Waals surface area contributed by atoms with Crippen LogP contribution in [0.4, 0.5) is 11.4 Å². The number of carbonyl (C=O) groups excluding carboxylic acids is 1. The fourth-order valence-electron chi connectivity index (χ4n) is 3.37. The van der Waals surface area contributed by atoms with Gasteiger partial charge in [0.25, 0.3) is 0 Å². The molecule has 132 valence electrons. The second-order valence-corrected chi connectivity index (χ2v) is 6.83. The maximum atomic E-state index is 12.8. The quantitative estimate of drug-likeness (QED) is 0.928. The second kappa shape index (κ2) is 7.60. The van der Waals surface area contributed by atoms with Crippen LogP contribution >= 0.6 is 0 Å². The van der Waals surface area contributed by atoms with Gasteiger partial charge < -0.3 is 15.1 Å². The molecule has 1 atom stereocenters. The minimum absolute atomic E-state index is 0.174. The Kier molecular flexibility index (Phi) is 5.27. The van der Waals surface area contributed by atoms with Gasteiger partial charge in [-0.2, -0.15) is 0 Å². The van der Waals surface area contributed by atoms with E-state index in [0.717, 1.165) is 31.9 Å². The van der Waals surface area contributed by atoms with Crippen LogP contribution in [0.15, 0.2) is 48.5 Å². The van der Waals surface area contributed by atoms with E-state index in [0.29, 0.717) is 0 Å². The monoisotopic (exact) mass is 337 g/mol. The first-order valence-corrected chi connectivity index (χ1v) is 8.97. The van der Waals surface area contributed by atoms with Crippen LogP contribution in [-0.2, 0) is 4.79 Å². The molecule has 1 unspecified atom stereocenters. The summed E-state index contributed by atoms with van der Waals surface area (Å²) in [6.07, 6.45) is 0. The van der Waals surface area contributed by atoms with Crippen LogP contribution in [0.1, 0.15) is 18.1 Å². The van der Waals surface area contributed by atoms with Crippen molar-refractivity contribution >= 4 is 17.3 Å². The molecule has 0 bridgehead atoms. The van der Waals surface area contributed by atoms with Crippen LogP contribution in [0, 0.1) is 13.8 Å². The van der Waals surface area contributed by atoms with Crippen molar-refractivity contribution in [2.75, 3.05) is 36.4 Å². The van der Waals surface area contributed by atoms with Crippen molar-refractivity contribution in [3.63, 3.8) is 0 Å². The minimum Gasteiger partial charge on any atom is -0.374 e. The number of nitrogens with one attached hydrogen (secondary N) is 1. The molecular formula is C21H27N3O. The molecule has 1 heterocycles. The van der Waals surface area contributed by atoms with E-state index in [1.165, 1.54) is 16.8 Å². The topological polar surface area (TPSA) is 35.6 Å². The van der Waals surface area contributed by atoms with Gasteiger partial charge in [0.15, 0.2) is 0 Å². The van der Waals surface area contributed by atoms with Crippen molar-refractivity contribution in [1.29, 1.82) is 0 Å². The van der Waals surface area contributed by atoms with Crippen molar-refractivity contribution in [3.8, 4) is 0 Å². The lowest BCUT2D eigenvalue weighted by atomic mass is 10.1. The molecule has 1 aliphatic rings. The predicted octanol–water partition coefficient (Wildman–Crippen LogP) is 3.45. The molecule has 0 radical (unpaired) electrons. The first-order valence-electron chi connectivity index (χ1n) is 8.97. The molecule has 4 heteroatoms. The Morgan fingerprint density at radius 1 is 1.00 bits per heavy atom. The molecule has 2 aromatic rings. The lowest BCUT2D eigenvalue weighted by molar-refractivity contribution is -0.131. The highest BCUT2D eigenvalue weighted by Gasteiger charge is 2.25. The molecule has 1 fully saturated rings. The molecule has 0 aromatic heterocycles. The lowest BCUT2D eigenvalue weighted by Crippen LogP contribution is -2.52. The summed E-state index contributed by atoms with van der Waals surface area (Å²) in [4.78, 5) is 17.1. The van der Waals surface area contributed by atoms with Gasteiger partial charge in [0.2, 0.25) is 5.91 Å². The third-order valence-electron chi connectivity index (χ3n) is 4.84. The molecular weight excluding hydrogens is 310 g/mol. The zero-order valence-corrected chi connectivity index (χ0v) is 15.3. The second-order valence-electron chi connectivity index (χ2n) is 6.83. The van der Waals surface area contributed by atoms with Crippen LogP contribution < -0.4 is 10.2 Å². The van der Waals surface area contributed by atoms with E-state index >= 15 is 0 Å². The van der Waals surface area contributed by atoms with Gasteiger partial charge in [0, 0.05) is 37.6 Å². The first-order chi connectivity index (χ1) is 12.0. The van der Waals surface area contributed by atoms with E-state index < -0.39 is 0 Å². The molecule has 1 aliphatic heterocycles. The predicted molar refractivity (Wildman–Crippen MR) is 104 cm³/mol. The number of para-hydroxylation sites is 1. The first kappa shape index (κ1) is 17.3. The molecule has 1 saturated heterocycles. The van der Waals surface area contributed by atoms with Crippen LogP contribution in [0.25, 0.3) is 0 Å². The number of hydrogen-bond donors (Lipinski definition) is 1. The van der Waals surface area contributed by atoms with Gasteiger partial charge in [-0.15, -0.1) is 0 Å². The fraction of sp³-hybridized carbons (Fsp3) is 0.381. The van der Waals surface area contributed by atoms with Crippen LogP contribution in [0.2, 0.25) is 0 Å². The third kappa shape index (κ3) is 4.13. The summed E-state index contributed by atoms with van der Waals surface area (Å²) in [5, 5.41) is 3.37. The molecule has 1 amide bonds. The van der Waals surface area contributed by atoms with Gasteiger partial charge in [-0.25, -0.2) is 0 Å². The Hall–Kier alpha value is -2.49. The number of hydrogen-bond acceptors (Lipinski definition) is 3. The highest BCUT2D eigenvalue weighted by atomic mass is 16.2. The number of amides is 1. The van der Waals surface area contributed by atoms with E-state index in [1.54, 1.807) is 0 Å². The average molecular weight is 337 g/mol. The Balaban J connectivity index is 1.56. The van der Waals surface area contributed by atoms with Crippen molar-refractivity contribution in [2.24, 2.45) is 0 Å². The minimum atomic E-state index is -0.218. The smallest absolute Gasteiger partial charge is 0.244 e. The Morgan fingerprint density at radius 2 is 1.68 bits per heavy atom. The fourth-order valence-corrected chi connectivity index (χ4v) is 3.37. The summed E-state index contributed by atoms with van der Waals surface area (Å²) < 4.78 is 0. The largest absolute Gasteiger partial charge is 0.374 e. The van der Waals surface area contributed by atoms with Gasteiger partial charge in [0.1, 0.15) is 6.04 Å². The van der Waals surface area contributed by atoms with Crippen molar-refractivity contribution < 1.29 is 4.79 Å². The summed E-state index contributed by atoms with van der Waals surface area (Å²) in [5.74, 6) is 0.174. The number of aryl methyl sites for hydroxylation is 2. The van der Waals surface area contributed by atoms with Crippen molar-refractivity contribution in [3.05, 3.63) is 59.7 Å². The van der Waals surface area contributed by atoms with Crippen molar-refractivity contribution in [2.45, 2.75) is 26.8 Å². The molecule has 3 rings (SSSR count). The number of piperazine rings is 1. The summed E-state index contributed by atoms with van der Waals surface area (Å²) in [5.41, 5.74) is 4.68.